The lowest BCUT2D eigenvalue weighted by Gasteiger charge is -2.19. The zero-order valence-corrected chi connectivity index (χ0v) is 10.6. The average Bonchev–Trinajstić information content (AvgIpc) is 2.27. The van der Waals surface area contributed by atoms with Gasteiger partial charge in [0.05, 0.1) is 6.61 Å². The second kappa shape index (κ2) is 7.48. The molecular weight excluding hydrogens is 200 g/mol. The summed E-state index contributed by atoms with van der Waals surface area (Å²) in [4.78, 5) is 11.1. The fourth-order valence-electron chi connectivity index (χ4n) is 2.22. The molecular formula is C14H24O2. The van der Waals surface area contributed by atoms with Crippen molar-refractivity contribution in [1.29, 1.82) is 0 Å². The minimum atomic E-state index is -0.0399. The van der Waals surface area contributed by atoms with E-state index in [4.69, 9.17) is 4.74 Å². The van der Waals surface area contributed by atoms with Crippen molar-refractivity contribution in [2.45, 2.75) is 58.8 Å². The van der Waals surface area contributed by atoms with Crippen molar-refractivity contribution in [2.75, 3.05) is 6.61 Å². The molecule has 0 aromatic carbocycles. The quantitative estimate of drug-likeness (QED) is 0.389. The van der Waals surface area contributed by atoms with Crippen LogP contribution in [0.5, 0.6) is 0 Å². The summed E-state index contributed by atoms with van der Waals surface area (Å²) in [5.74, 6) is 0.813. The van der Waals surface area contributed by atoms with E-state index in [9.17, 15) is 4.79 Å². The van der Waals surface area contributed by atoms with Gasteiger partial charge in [-0.1, -0.05) is 24.5 Å². The molecule has 0 saturated heterocycles. The molecule has 2 heteroatoms. The van der Waals surface area contributed by atoms with Crippen LogP contribution in [0.15, 0.2) is 11.6 Å². The highest BCUT2D eigenvalue weighted by Gasteiger charge is 2.12. The molecule has 0 N–H and O–H groups in total. The number of unbranched alkanes of at least 4 members (excludes halogenated alkanes) is 1. The molecule has 0 heterocycles. The van der Waals surface area contributed by atoms with Gasteiger partial charge in [0.2, 0.25) is 0 Å². The minimum absolute atomic E-state index is 0.0399. The third-order valence-electron chi connectivity index (χ3n) is 3.30. The number of allylic oxidation sites excluding steroid dienone is 2. The molecule has 0 unspecified atom stereocenters. The molecule has 0 fully saturated rings. The van der Waals surface area contributed by atoms with Gasteiger partial charge in [0, 0.05) is 6.42 Å². The van der Waals surface area contributed by atoms with E-state index in [1.54, 1.807) is 5.57 Å². The molecule has 0 spiro atoms. The first-order chi connectivity index (χ1) is 7.72. The smallest absolute Gasteiger partial charge is 0.305 e. The zero-order valence-electron chi connectivity index (χ0n) is 10.6. The van der Waals surface area contributed by atoms with E-state index in [1.807, 2.05) is 6.92 Å². The van der Waals surface area contributed by atoms with Crippen LogP contribution in [0.25, 0.3) is 0 Å². The van der Waals surface area contributed by atoms with E-state index in [-0.39, 0.29) is 5.97 Å². The number of carbonyl (C=O) groups excluding carboxylic acids is 1. The summed E-state index contributed by atoms with van der Waals surface area (Å²) >= 11 is 0. The maximum atomic E-state index is 11.1. The summed E-state index contributed by atoms with van der Waals surface area (Å²) < 4.78 is 4.90. The molecule has 0 aromatic heterocycles. The van der Waals surface area contributed by atoms with Crippen LogP contribution in [0.2, 0.25) is 0 Å². The SMILES string of the molecule is CCOC(=O)CCCC[C@@H]1CC=C(C)CC1. The van der Waals surface area contributed by atoms with Crippen LogP contribution in [0.1, 0.15) is 58.8 Å². The number of hydrogen-bond donors (Lipinski definition) is 0. The van der Waals surface area contributed by atoms with Crippen LogP contribution >= 0.6 is 0 Å². The van der Waals surface area contributed by atoms with E-state index in [2.05, 4.69) is 13.0 Å². The number of esters is 1. The van der Waals surface area contributed by atoms with Gasteiger partial charge in [0.25, 0.3) is 0 Å². The van der Waals surface area contributed by atoms with Crippen LogP contribution in [0.4, 0.5) is 0 Å². The number of rotatable bonds is 6. The standard InChI is InChI=1S/C14H24O2/c1-3-16-14(15)7-5-4-6-13-10-8-12(2)9-11-13/h8,13H,3-7,9-11H2,1-2H3/t13-/m1/s1. The predicted molar refractivity (Wildman–Crippen MR) is 66.2 cm³/mol. The van der Waals surface area contributed by atoms with E-state index >= 15 is 0 Å². The molecule has 2 nitrogen and oxygen atoms in total. The molecule has 0 aliphatic heterocycles. The molecule has 0 aromatic rings. The molecule has 0 amide bonds. The molecule has 92 valence electrons. The second-order valence-corrected chi connectivity index (χ2v) is 4.74. The van der Waals surface area contributed by atoms with Crippen molar-refractivity contribution in [3.8, 4) is 0 Å². The fraction of sp³-hybridized carbons (Fsp3) is 0.786. The summed E-state index contributed by atoms with van der Waals surface area (Å²) in [5, 5.41) is 0. The maximum absolute atomic E-state index is 11.1. The van der Waals surface area contributed by atoms with Gasteiger partial charge in [0.1, 0.15) is 0 Å². The van der Waals surface area contributed by atoms with Crippen LogP contribution in [0, 0.1) is 5.92 Å². The Morgan fingerprint density at radius 3 is 2.94 bits per heavy atom. The fourth-order valence-corrected chi connectivity index (χ4v) is 2.22. The van der Waals surface area contributed by atoms with Gasteiger partial charge < -0.3 is 4.74 Å². The van der Waals surface area contributed by atoms with Crippen molar-refractivity contribution in [3.63, 3.8) is 0 Å². The Kier molecular flexibility index (Phi) is 6.20. The van der Waals surface area contributed by atoms with Crippen LogP contribution in [0.3, 0.4) is 0 Å². The zero-order chi connectivity index (χ0) is 11.8. The maximum Gasteiger partial charge on any atom is 0.305 e. The lowest BCUT2D eigenvalue weighted by molar-refractivity contribution is -0.143. The first-order valence-electron chi connectivity index (χ1n) is 6.53. The molecule has 0 bridgehead atoms. The lowest BCUT2D eigenvalue weighted by Crippen LogP contribution is -2.06. The van der Waals surface area contributed by atoms with Crippen molar-refractivity contribution >= 4 is 5.97 Å². The Hall–Kier alpha value is -0.790. The largest absolute Gasteiger partial charge is 0.466 e. The Morgan fingerprint density at radius 1 is 1.50 bits per heavy atom. The Balaban J connectivity index is 2.01. The van der Waals surface area contributed by atoms with Gasteiger partial charge in [-0.3, -0.25) is 4.79 Å². The lowest BCUT2D eigenvalue weighted by atomic mass is 9.86. The van der Waals surface area contributed by atoms with E-state index in [0.717, 1.165) is 18.8 Å². The highest BCUT2D eigenvalue weighted by atomic mass is 16.5. The molecule has 0 radical (unpaired) electrons. The van der Waals surface area contributed by atoms with Crippen molar-refractivity contribution in [3.05, 3.63) is 11.6 Å². The molecule has 1 aliphatic rings. The first kappa shape index (κ1) is 13.3. The van der Waals surface area contributed by atoms with E-state index in [0.29, 0.717) is 13.0 Å². The minimum Gasteiger partial charge on any atom is -0.466 e. The number of ether oxygens (including phenoxy) is 1. The summed E-state index contributed by atoms with van der Waals surface area (Å²) in [6.07, 6.45) is 10.2. The van der Waals surface area contributed by atoms with Crippen LogP contribution in [-0.2, 0) is 9.53 Å². The summed E-state index contributed by atoms with van der Waals surface area (Å²) in [6.45, 7) is 4.58. The predicted octanol–water partition coefficient (Wildman–Crippen LogP) is 3.86. The van der Waals surface area contributed by atoms with Crippen molar-refractivity contribution in [2.24, 2.45) is 5.92 Å². The van der Waals surface area contributed by atoms with Gasteiger partial charge in [-0.25, -0.2) is 0 Å². The van der Waals surface area contributed by atoms with Gasteiger partial charge >= 0.3 is 5.97 Å². The highest BCUT2D eigenvalue weighted by molar-refractivity contribution is 5.69. The van der Waals surface area contributed by atoms with Gasteiger partial charge in [0.15, 0.2) is 0 Å². The van der Waals surface area contributed by atoms with Crippen LogP contribution in [-0.4, -0.2) is 12.6 Å². The van der Waals surface area contributed by atoms with Crippen molar-refractivity contribution in [1.82, 2.24) is 0 Å². The molecule has 0 saturated carbocycles. The van der Waals surface area contributed by atoms with E-state index < -0.39 is 0 Å². The second-order valence-electron chi connectivity index (χ2n) is 4.74. The monoisotopic (exact) mass is 224 g/mol. The summed E-state index contributed by atoms with van der Waals surface area (Å²) in [6, 6.07) is 0. The molecule has 16 heavy (non-hydrogen) atoms. The third-order valence-corrected chi connectivity index (χ3v) is 3.30. The van der Waals surface area contributed by atoms with Crippen LogP contribution < -0.4 is 0 Å². The molecule has 1 atom stereocenters. The first-order valence-corrected chi connectivity index (χ1v) is 6.53. The average molecular weight is 224 g/mol. The molecule has 1 aliphatic carbocycles. The van der Waals surface area contributed by atoms with Gasteiger partial charge in [-0.05, 0) is 45.4 Å². The summed E-state index contributed by atoms with van der Waals surface area (Å²) in [5.41, 5.74) is 1.54. The Morgan fingerprint density at radius 2 is 2.31 bits per heavy atom. The number of hydrogen-bond acceptors (Lipinski definition) is 2. The van der Waals surface area contributed by atoms with E-state index in [1.165, 1.54) is 25.7 Å². The van der Waals surface area contributed by atoms with Gasteiger partial charge in [-0.15, -0.1) is 0 Å². The molecule has 1 rings (SSSR count). The Bertz CT molecular complexity index is 243. The summed E-state index contributed by atoms with van der Waals surface area (Å²) in [7, 11) is 0. The highest BCUT2D eigenvalue weighted by Crippen LogP contribution is 2.27. The normalized spacial score (nSPS) is 20.4. The topological polar surface area (TPSA) is 26.3 Å². The Labute approximate surface area is 99.1 Å². The van der Waals surface area contributed by atoms with Crippen molar-refractivity contribution < 1.29 is 9.53 Å². The van der Waals surface area contributed by atoms with Gasteiger partial charge in [-0.2, -0.15) is 0 Å². The third kappa shape index (κ3) is 5.34. The number of carbonyl (C=O) groups is 1.